The van der Waals surface area contributed by atoms with Crippen LogP contribution in [-0.4, -0.2) is 30.6 Å². The highest BCUT2D eigenvalue weighted by Gasteiger charge is 2.26. The average molecular weight is 446 g/mol. The third-order valence-corrected chi connectivity index (χ3v) is 6.45. The lowest BCUT2D eigenvalue weighted by molar-refractivity contribution is 0.126. The van der Waals surface area contributed by atoms with Crippen LogP contribution in [0.3, 0.4) is 0 Å². The van der Waals surface area contributed by atoms with Gasteiger partial charge in [-0.15, -0.1) is 0 Å². The molecule has 0 saturated carbocycles. The number of nitrogens with zero attached hydrogens (tertiary/aromatic N) is 1. The fourth-order valence-electron chi connectivity index (χ4n) is 4.68. The maximum Gasteiger partial charge on any atom is 0.319 e. The SMILES string of the molecule is O=C(NCCC(c1ccccc1)N1CCC(Cc2ccccc2)CC1)Nc1ccc(F)cc1. The summed E-state index contributed by atoms with van der Waals surface area (Å²) in [6, 6.07) is 27.1. The van der Waals surface area contributed by atoms with Crippen molar-refractivity contribution in [2.45, 2.75) is 31.7 Å². The Morgan fingerprint density at radius 1 is 0.909 bits per heavy atom. The number of carbonyl (C=O) groups excluding carboxylic acids is 1. The van der Waals surface area contributed by atoms with E-state index in [9.17, 15) is 9.18 Å². The minimum atomic E-state index is -0.320. The molecule has 5 heteroatoms. The van der Waals surface area contributed by atoms with Crippen LogP contribution in [0.25, 0.3) is 0 Å². The van der Waals surface area contributed by atoms with Crippen molar-refractivity contribution >= 4 is 11.7 Å². The number of likely N-dealkylation sites (tertiary alicyclic amines) is 1. The van der Waals surface area contributed by atoms with Gasteiger partial charge in [0.05, 0.1) is 0 Å². The summed E-state index contributed by atoms with van der Waals surface area (Å²) in [6.45, 7) is 2.70. The summed E-state index contributed by atoms with van der Waals surface area (Å²) in [6.07, 6.45) is 4.37. The molecule has 3 aromatic carbocycles. The zero-order valence-corrected chi connectivity index (χ0v) is 18.9. The van der Waals surface area contributed by atoms with Gasteiger partial charge in [0, 0.05) is 18.3 Å². The second-order valence-electron chi connectivity index (χ2n) is 8.77. The number of carbonyl (C=O) groups is 1. The van der Waals surface area contributed by atoms with Gasteiger partial charge in [-0.3, -0.25) is 4.90 Å². The molecule has 4 rings (SSSR count). The fourth-order valence-corrected chi connectivity index (χ4v) is 4.68. The average Bonchev–Trinajstić information content (AvgIpc) is 2.85. The number of nitrogens with one attached hydrogen (secondary N) is 2. The van der Waals surface area contributed by atoms with E-state index in [-0.39, 0.29) is 17.9 Å². The van der Waals surface area contributed by atoms with Crippen LogP contribution < -0.4 is 10.6 Å². The number of amides is 2. The van der Waals surface area contributed by atoms with Gasteiger partial charge in [-0.1, -0.05) is 60.7 Å². The van der Waals surface area contributed by atoms with Gasteiger partial charge in [-0.05, 0) is 80.1 Å². The first kappa shape index (κ1) is 23.0. The van der Waals surface area contributed by atoms with E-state index in [0.717, 1.165) is 31.8 Å². The molecule has 1 heterocycles. The largest absolute Gasteiger partial charge is 0.338 e. The van der Waals surface area contributed by atoms with Crippen molar-refractivity contribution in [1.29, 1.82) is 0 Å². The molecule has 1 unspecified atom stereocenters. The first-order chi connectivity index (χ1) is 16.2. The Kier molecular flexibility index (Phi) is 8.09. The standard InChI is InChI=1S/C28H32FN3O/c29-25-11-13-26(14-12-25)31-28(33)30-18-15-27(24-9-5-2-6-10-24)32-19-16-23(17-20-32)21-22-7-3-1-4-8-22/h1-14,23,27H,15-21H2,(H2,30,31,33). The lowest BCUT2D eigenvalue weighted by Crippen LogP contribution is -2.39. The first-order valence-electron chi connectivity index (χ1n) is 11.8. The van der Waals surface area contributed by atoms with Crippen LogP contribution >= 0.6 is 0 Å². The lowest BCUT2D eigenvalue weighted by Gasteiger charge is -2.38. The Hall–Kier alpha value is -3.18. The molecular weight excluding hydrogens is 413 g/mol. The molecule has 3 aromatic rings. The van der Waals surface area contributed by atoms with Crippen LogP contribution in [0.5, 0.6) is 0 Å². The topological polar surface area (TPSA) is 44.4 Å². The molecule has 172 valence electrons. The van der Waals surface area contributed by atoms with Gasteiger partial charge in [-0.25, -0.2) is 9.18 Å². The van der Waals surface area contributed by atoms with Crippen molar-refractivity contribution in [2.75, 3.05) is 25.0 Å². The molecule has 4 nitrogen and oxygen atoms in total. The van der Waals surface area contributed by atoms with Crippen molar-refractivity contribution in [3.63, 3.8) is 0 Å². The molecule has 0 spiro atoms. The third kappa shape index (κ3) is 6.90. The number of halogens is 1. The van der Waals surface area contributed by atoms with E-state index in [1.54, 1.807) is 12.1 Å². The highest BCUT2D eigenvalue weighted by atomic mass is 19.1. The van der Waals surface area contributed by atoms with E-state index in [1.807, 2.05) is 6.07 Å². The molecule has 1 aliphatic rings. The van der Waals surface area contributed by atoms with E-state index >= 15 is 0 Å². The third-order valence-electron chi connectivity index (χ3n) is 6.45. The minimum Gasteiger partial charge on any atom is -0.338 e. The lowest BCUT2D eigenvalue weighted by atomic mass is 9.88. The molecule has 0 aromatic heterocycles. The quantitative estimate of drug-likeness (QED) is 0.444. The summed E-state index contributed by atoms with van der Waals surface area (Å²) in [5.41, 5.74) is 3.29. The molecular formula is C28H32FN3O. The molecule has 1 aliphatic heterocycles. The van der Waals surface area contributed by atoms with Crippen LogP contribution in [0.2, 0.25) is 0 Å². The van der Waals surface area contributed by atoms with Crippen LogP contribution in [0, 0.1) is 11.7 Å². The van der Waals surface area contributed by atoms with E-state index in [2.05, 4.69) is 70.1 Å². The highest BCUT2D eigenvalue weighted by Crippen LogP contribution is 2.30. The highest BCUT2D eigenvalue weighted by molar-refractivity contribution is 5.89. The number of piperidine rings is 1. The molecule has 0 aliphatic carbocycles. The Bertz CT molecular complexity index is 987. The van der Waals surface area contributed by atoms with Gasteiger partial charge in [-0.2, -0.15) is 0 Å². The summed E-state index contributed by atoms with van der Waals surface area (Å²) in [7, 11) is 0. The minimum absolute atomic E-state index is 0.269. The summed E-state index contributed by atoms with van der Waals surface area (Å²) < 4.78 is 13.1. The van der Waals surface area contributed by atoms with E-state index in [1.165, 1.54) is 36.1 Å². The zero-order valence-electron chi connectivity index (χ0n) is 18.9. The summed E-state index contributed by atoms with van der Waals surface area (Å²) in [5, 5.41) is 5.72. The number of anilines is 1. The van der Waals surface area contributed by atoms with Gasteiger partial charge >= 0.3 is 6.03 Å². The predicted molar refractivity (Wildman–Crippen MR) is 132 cm³/mol. The molecule has 0 bridgehead atoms. The normalized spacial score (nSPS) is 15.7. The van der Waals surface area contributed by atoms with E-state index < -0.39 is 0 Å². The monoisotopic (exact) mass is 445 g/mol. The van der Waals surface area contributed by atoms with Gasteiger partial charge in [0.15, 0.2) is 0 Å². The molecule has 2 amide bonds. The fraction of sp³-hybridized carbons (Fsp3) is 0.321. The number of rotatable bonds is 8. The molecule has 2 N–H and O–H groups in total. The van der Waals surface area contributed by atoms with Crippen LogP contribution in [-0.2, 0) is 6.42 Å². The van der Waals surface area contributed by atoms with E-state index in [4.69, 9.17) is 0 Å². The Morgan fingerprint density at radius 3 is 2.21 bits per heavy atom. The van der Waals surface area contributed by atoms with Crippen molar-refractivity contribution in [2.24, 2.45) is 5.92 Å². The molecule has 0 radical (unpaired) electrons. The second kappa shape index (κ2) is 11.6. The van der Waals surface area contributed by atoms with Crippen molar-refractivity contribution < 1.29 is 9.18 Å². The number of urea groups is 1. The number of hydrogen-bond acceptors (Lipinski definition) is 2. The van der Waals surface area contributed by atoms with Crippen LogP contribution in [0.1, 0.15) is 36.4 Å². The molecule has 33 heavy (non-hydrogen) atoms. The zero-order chi connectivity index (χ0) is 22.9. The Labute approximate surface area is 195 Å². The van der Waals surface area contributed by atoms with Gasteiger partial charge < -0.3 is 10.6 Å². The summed E-state index contributed by atoms with van der Waals surface area (Å²) in [4.78, 5) is 14.8. The van der Waals surface area contributed by atoms with Gasteiger partial charge in [0.25, 0.3) is 0 Å². The second-order valence-corrected chi connectivity index (χ2v) is 8.77. The maximum absolute atomic E-state index is 13.1. The molecule has 1 atom stereocenters. The maximum atomic E-state index is 13.1. The van der Waals surface area contributed by atoms with Crippen molar-refractivity contribution in [3.05, 3.63) is 102 Å². The Balaban J connectivity index is 1.30. The van der Waals surface area contributed by atoms with Crippen LogP contribution in [0.4, 0.5) is 14.9 Å². The van der Waals surface area contributed by atoms with Gasteiger partial charge in [0.2, 0.25) is 0 Å². The van der Waals surface area contributed by atoms with Crippen molar-refractivity contribution in [3.8, 4) is 0 Å². The van der Waals surface area contributed by atoms with Crippen LogP contribution in [0.15, 0.2) is 84.9 Å². The Morgan fingerprint density at radius 2 is 1.55 bits per heavy atom. The predicted octanol–water partition coefficient (Wildman–Crippen LogP) is 6.03. The molecule has 1 fully saturated rings. The summed E-state index contributed by atoms with van der Waals surface area (Å²) in [5.74, 6) is 0.402. The van der Waals surface area contributed by atoms with Gasteiger partial charge in [0.1, 0.15) is 5.82 Å². The number of benzene rings is 3. The first-order valence-corrected chi connectivity index (χ1v) is 11.8. The number of hydrogen-bond donors (Lipinski definition) is 2. The smallest absolute Gasteiger partial charge is 0.319 e. The summed E-state index contributed by atoms with van der Waals surface area (Å²) >= 11 is 0. The van der Waals surface area contributed by atoms with E-state index in [0.29, 0.717) is 12.2 Å². The molecule has 1 saturated heterocycles. The van der Waals surface area contributed by atoms with Crippen molar-refractivity contribution in [1.82, 2.24) is 10.2 Å².